The summed E-state index contributed by atoms with van der Waals surface area (Å²) in [4.78, 5) is 10.9. The normalized spacial score (nSPS) is 10.3. The molecule has 2 heterocycles. The van der Waals surface area contributed by atoms with Gasteiger partial charge in [0.25, 0.3) is 0 Å². The third-order valence-electron chi connectivity index (χ3n) is 1.62. The quantitative estimate of drug-likeness (QED) is 0.749. The fraction of sp³-hybridized carbons (Fsp3) is 0. The first-order valence-electron chi connectivity index (χ1n) is 3.88. The van der Waals surface area contributed by atoms with Crippen molar-refractivity contribution >= 4 is 11.6 Å². The Hall–Kier alpha value is -1.62. The van der Waals surface area contributed by atoms with Crippen LogP contribution >= 0.6 is 11.6 Å². The van der Waals surface area contributed by atoms with Gasteiger partial charge >= 0.3 is 0 Å². The van der Waals surface area contributed by atoms with Crippen molar-refractivity contribution in [1.29, 1.82) is 0 Å². The summed E-state index contributed by atoms with van der Waals surface area (Å²) in [5.41, 5.74) is 0.0636. The third-order valence-corrected chi connectivity index (χ3v) is 1.80. The summed E-state index contributed by atoms with van der Waals surface area (Å²) in [7, 11) is 0. The molecule has 0 saturated heterocycles. The van der Waals surface area contributed by atoms with Gasteiger partial charge in [0.1, 0.15) is 23.4 Å². The van der Waals surface area contributed by atoms with Crippen LogP contribution in [0.4, 0.5) is 8.78 Å². The lowest BCUT2D eigenvalue weighted by molar-refractivity contribution is 0.575. The Labute approximate surface area is 88.8 Å². The number of aromatic nitrogens is 3. The molecule has 0 saturated carbocycles. The monoisotopic (exact) mass is 226 g/mol. The van der Waals surface area contributed by atoms with Gasteiger partial charge in [-0.2, -0.15) is 0 Å². The van der Waals surface area contributed by atoms with Crippen LogP contribution in [0.15, 0.2) is 18.5 Å². The molecule has 15 heavy (non-hydrogen) atoms. The van der Waals surface area contributed by atoms with E-state index in [2.05, 4.69) is 21.1 Å². The molecule has 0 aliphatic carbocycles. The van der Waals surface area contributed by atoms with E-state index < -0.39 is 11.6 Å². The molecule has 0 bridgehead atoms. The van der Waals surface area contributed by atoms with Crippen molar-refractivity contribution in [2.75, 3.05) is 0 Å². The maximum Gasteiger partial charge on any atom is 0.157 e. The molecule has 0 aromatic carbocycles. The van der Waals surface area contributed by atoms with E-state index in [-0.39, 0.29) is 16.5 Å². The predicted octanol–water partition coefficient (Wildman–Crippen LogP) is 2.27. The lowest BCUT2D eigenvalue weighted by Crippen LogP contribution is -1.94. The minimum atomic E-state index is -0.806. The smallest absolute Gasteiger partial charge is 0.157 e. The van der Waals surface area contributed by atoms with Gasteiger partial charge in [0.2, 0.25) is 0 Å². The van der Waals surface area contributed by atoms with E-state index >= 15 is 0 Å². The second kappa shape index (κ2) is 3.86. The lowest BCUT2D eigenvalue weighted by atomic mass is 10.2. The number of pyridine rings is 1. The molecular formula is C9H3ClF2N3. The highest BCUT2D eigenvalue weighted by atomic mass is 35.5. The Morgan fingerprint density at radius 2 is 2.00 bits per heavy atom. The molecule has 2 aromatic heterocycles. The van der Waals surface area contributed by atoms with Crippen molar-refractivity contribution in [2.45, 2.75) is 0 Å². The zero-order valence-electron chi connectivity index (χ0n) is 7.21. The van der Waals surface area contributed by atoms with Gasteiger partial charge in [0.05, 0.1) is 12.4 Å². The van der Waals surface area contributed by atoms with Crippen LogP contribution in [0.3, 0.4) is 0 Å². The van der Waals surface area contributed by atoms with E-state index in [0.717, 1.165) is 12.3 Å². The lowest BCUT2D eigenvalue weighted by Gasteiger charge is -2.00. The van der Waals surface area contributed by atoms with Crippen LogP contribution in [0, 0.1) is 17.8 Å². The Morgan fingerprint density at radius 1 is 1.20 bits per heavy atom. The van der Waals surface area contributed by atoms with Crippen molar-refractivity contribution in [3.63, 3.8) is 0 Å². The molecule has 0 aliphatic heterocycles. The fourth-order valence-corrected chi connectivity index (χ4v) is 1.09. The van der Waals surface area contributed by atoms with Crippen LogP contribution in [0.25, 0.3) is 11.4 Å². The highest BCUT2D eigenvalue weighted by Crippen LogP contribution is 2.18. The van der Waals surface area contributed by atoms with E-state index in [1.54, 1.807) is 0 Å². The summed E-state index contributed by atoms with van der Waals surface area (Å²) in [6.45, 7) is 0. The Morgan fingerprint density at radius 3 is 2.60 bits per heavy atom. The predicted molar refractivity (Wildman–Crippen MR) is 49.0 cm³/mol. The first-order valence-corrected chi connectivity index (χ1v) is 4.26. The summed E-state index contributed by atoms with van der Waals surface area (Å²) in [6.07, 6.45) is 4.48. The number of halogens is 3. The number of hydrogen-bond donors (Lipinski definition) is 0. The molecule has 0 amide bonds. The minimum absolute atomic E-state index is 0.0706. The van der Waals surface area contributed by atoms with Gasteiger partial charge in [-0.1, -0.05) is 11.6 Å². The zero-order chi connectivity index (χ0) is 10.8. The van der Waals surface area contributed by atoms with Crippen LogP contribution in [-0.2, 0) is 0 Å². The molecule has 0 fully saturated rings. The summed E-state index contributed by atoms with van der Waals surface area (Å²) in [5.74, 6) is -1.55. The number of hydrogen-bond acceptors (Lipinski definition) is 3. The average Bonchev–Trinajstić information content (AvgIpc) is 2.20. The van der Waals surface area contributed by atoms with Gasteiger partial charge in [0, 0.05) is 6.07 Å². The molecule has 0 atom stereocenters. The number of rotatable bonds is 1. The molecule has 2 aromatic rings. The van der Waals surface area contributed by atoms with Gasteiger partial charge in [-0.3, -0.25) is 0 Å². The minimum Gasteiger partial charge on any atom is -0.248 e. The Balaban J connectivity index is 2.49. The van der Waals surface area contributed by atoms with E-state index in [1.807, 2.05) is 0 Å². The maximum atomic E-state index is 13.2. The summed E-state index contributed by atoms with van der Waals surface area (Å²) in [6, 6.07) is 0.721. The summed E-state index contributed by atoms with van der Waals surface area (Å²) in [5, 5.41) is 0.0706. The number of nitrogens with zero attached hydrogens (tertiary/aromatic N) is 3. The standard InChI is InChI=1S/C9H3ClF2N3/c10-8-4-13-7(3-14-8)9-6(12)1-5(11)2-15-9/h1-3H. The van der Waals surface area contributed by atoms with Crippen LogP contribution < -0.4 is 0 Å². The molecular weight excluding hydrogens is 224 g/mol. The summed E-state index contributed by atoms with van der Waals surface area (Å²) >= 11 is 5.46. The van der Waals surface area contributed by atoms with Crippen LogP contribution in [0.2, 0.25) is 5.15 Å². The van der Waals surface area contributed by atoms with Crippen molar-refractivity contribution in [3.05, 3.63) is 41.4 Å². The molecule has 0 N–H and O–H groups in total. The summed E-state index contributed by atoms with van der Waals surface area (Å²) < 4.78 is 25.8. The first-order chi connectivity index (χ1) is 7.16. The van der Waals surface area contributed by atoms with Gasteiger partial charge < -0.3 is 0 Å². The van der Waals surface area contributed by atoms with Crippen LogP contribution in [0.1, 0.15) is 0 Å². The highest BCUT2D eigenvalue weighted by Gasteiger charge is 2.09. The van der Waals surface area contributed by atoms with E-state index in [0.29, 0.717) is 0 Å². The van der Waals surface area contributed by atoms with Gasteiger partial charge in [0.15, 0.2) is 11.0 Å². The first kappa shape index (κ1) is 9.92. The molecule has 1 radical (unpaired) electrons. The van der Waals surface area contributed by atoms with Crippen LogP contribution in [-0.4, -0.2) is 15.0 Å². The third kappa shape index (κ3) is 2.07. The fourth-order valence-electron chi connectivity index (χ4n) is 0.999. The molecule has 3 nitrogen and oxygen atoms in total. The van der Waals surface area contributed by atoms with E-state index in [1.165, 1.54) is 6.20 Å². The second-order valence-corrected chi connectivity index (χ2v) is 3.00. The second-order valence-electron chi connectivity index (χ2n) is 2.64. The Kier molecular flexibility index (Phi) is 2.55. The Bertz CT molecular complexity index is 487. The largest absolute Gasteiger partial charge is 0.248 e. The molecule has 0 aliphatic rings. The van der Waals surface area contributed by atoms with Gasteiger partial charge in [-0.25, -0.2) is 23.7 Å². The topological polar surface area (TPSA) is 38.7 Å². The molecule has 0 unspecified atom stereocenters. The van der Waals surface area contributed by atoms with Gasteiger partial charge in [-0.05, 0) is 0 Å². The van der Waals surface area contributed by atoms with Crippen molar-refractivity contribution < 1.29 is 8.78 Å². The SMILES string of the molecule is Fc1cnc(-c2cnc(Cl)[c]n2)c(F)c1. The van der Waals surface area contributed by atoms with Crippen LogP contribution in [0.5, 0.6) is 0 Å². The van der Waals surface area contributed by atoms with Crippen molar-refractivity contribution in [2.24, 2.45) is 0 Å². The molecule has 2 rings (SSSR count). The highest BCUT2D eigenvalue weighted by molar-refractivity contribution is 6.29. The average molecular weight is 227 g/mol. The maximum absolute atomic E-state index is 13.2. The van der Waals surface area contributed by atoms with Crippen molar-refractivity contribution in [1.82, 2.24) is 15.0 Å². The zero-order valence-corrected chi connectivity index (χ0v) is 7.96. The molecule has 75 valence electrons. The van der Waals surface area contributed by atoms with E-state index in [4.69, 9.17) is 11.6 Å². The van der Waals surface area contributed by atoms with Crippen molar-refractivity contribution in [3.8, 4) is 11.4 Å². The molecule has 6 heteroatoms. The van der Waals surface area contributed by atoms with Gasteiger partial charge in [-0.15, -0.1) is 0 Å². The van der Waals surface area contributed by atoms with E-state index in [9.17, 15) is 8.78 Å². The molecule has 0 spiro atoms.